The molecule has 1 aromatic carbocycles. The van der Waals surface area contributed by atoms with E-state index in [4.69, 9.17) is 10.00 Å². The van der Waals surface area contributed by atoms with Crippen LogP contribution in [0.1, 0.15) is 5.56 Å². The fraction of sp³-hybridized carbons (Fsp3) is 0.143. The molecule has 0 saturated carbocycles. The van der Waals surface area contributed by atoms with Crippen LogP contribution in [0.4, 0.5) is 0 Å². The average Bonchev–Trinajstić information content (AvgIpc) is 2.45. The minimum absolute atomic E-state index is 0.00507. The monoisotopic (exact) mass is 304 g/mol. The van der Waals surface area contributed by atoms with Gasteiger partial charge in [-0.05, 0) is 30.3 Å². The van der Waals surface area contributed by atoms with Crippen LogP contribution in [0.25, 0.3) is 11.3 Å². The zero-order valence-corrected chi connectivity index (χ0v) is 12.2. The summed E-state index contributed by atoms with van der Waals surface area (Å²) in [4.78, 5) is 14.3. The molecular weight excluding hydrogens is 292 g/mol. The maximum atomic E-state index is 11.7. The summed E-state index contributed by atoms with van der Waals surface area (Å²) < 4.78 is 28.3. The van der Waals surface area contributed by atoms with Gasteiger partial charge in [-0.15, -0.1) is 0 Å². The average molecular weight is 304 g/mol. The number of ether oxygens (including phenoxy) is 1. The van der Waals surface area contributed by atoms with Crippen LogP contribution in [0.3, 0.4) is 0 Å². The molecule has 2 aromatic rings. The van der Waals surface area contributed by atoms with Gasteiger partial charge in [-0.2, -0.15) is 5.26 Å². The maximum absolute atomic E-state index is 11.7. The highest BCUT2D eigenvalue weighted by Gasteiger charge is 2.13. The molecule has 0 fully saturated rings. The van der Waals surface area contributed by atoms with Gasteiger partial charge in [0.15, 0.2) is 9.84 Å². The van der Waals surface area contributed by atoms with Crippen LogP contribution in [0.2, 0.25) is 0 Å². The van der Waals surface area contributed by atoms with Crippen molar-refractivity contribution in [3.05, 3.63) is 46.2 Å². The second-order valence-electron chi connectivity index (χ2n) is 4.36. The summed E-state index contributed by atoms with van der Waals surface area (Å²) >= 11 is 0. The molecule has 6 nitrogen and oxygen atoms in total. The van der Waals surface area contributed by atoms with E-state index in [1.165, 1.54) is 25.3 Å². The van der Waals surface area contributed by atoms with Gasteiger partial charge in [0.25, 0.3) is 5.56 Å². The number of aromatic amines is 1. The molecule has 0 saturated heterocycles. The lowest BCUT2D eigenvalue weighted by Crippen LogP contribution is -2.10. The summed E-state index contributed by atoms with van der Waals surface area (Å²) in [7, 11) is -1.94. The van der Waals surface area contributed by atoms with Gasteiger partial charge in [-0.25, -0.2) is 8.42 Å². The van der Waals surface area contributed by atoms with E-state index in [-0.39, 0.29) is 10.5 Å². The molecule has 0 radical (unpaired) electrons. The second-order valence-corrected chi connectivity index (χ2v) is 6.38. The smallest absolute Gasteiger partial charge is 0.266 e. The zero-order valence-electron chi connectivity index (χ0n) is 11.4. The minimum Gasteiger partial charge on any atom is -0.496 e. The molecule has 1 N–H and O–H groups in total. The minimum atomic E-state index is -3.35. The number of nitrogens with zero attached hydrogens (tertiary/aromatic N) is 1. The van der Waals surface area contributed by atoms with Crippen molar-refractivity contribution < 1.29 is 13.2 Å². The Morgan fingerprint density at radius 1 is 1.24 bits per heavy atom. The van der Waals surface area contributed by atoms with Crippen molar-refractivity contribution in [3.63, 3.8) is 0 Å². The van der Waals surface area contributed by atoms with Gasteiger partial charge in [-0.1, -0.05) is 0 Å². The number of rotatable bonds is 3. The van der Waals surface area contributed by atoms with E-state index in [1.807, 2.05) is 0 Å². The first-order valence-electron chi connectivity index (χ1n) is 5.88. The number of nitrogens with one attached hydrogen (secondary N) is 1. The van der Waals surface area contributed by atoms with Crippen molar-refractivity contribution in [2.24, 2.45) is 0 Å². The van der Waals surface area contributed by atoms with Crippen molar-refractivity contribution in [2.45, 2.75) is 4.90 Å². The fourth-order valence-electron chi connectivity index (χ4n) is 1.84. The van der Waals surface area contributed by atoms with Crippen molar-refractivity contribution in [1.29, 1.82) is 5.26 Å². The van der Waals surface area contributed by atoms with Crippen molar-refractivity contribution in [3.8, 4) is 23.1 Å². The van der Waals surface area contributed by atoms with E-state index in [9.17, 15) is 13.2 Å². The van der Waals surface area contributed by atoms with E-state index in [0.29, 0.717) is 17.0 Å². The summed E-state index contributed by atoms with van der Waals surface area (Å²) in [6, 6.07) is 9.12. The maximum Gasteiger partial charge on any atom is 0.266 e. The van der Waals surface area contributed by atoms with Crippen LogP contribution in [0.5, 0.6) is 5.75 Å². The lowest BCUT2D eigenvalue weighted by atomic mass is 10.1. The number of methoxy groups -OCH3 is 1. The Balaban J connectivity index is 2.62. The van der Waals surface area contributed by atoms with E-state index in [2.05, 4.69) is 4.98 Å². The van der Waals surface area contributed by atoms with Gasteiger partial charge >= 0.3 is 0 Å². The van der Waals surface area contributed by atoms with Gasteiger partial charge in [-0.3, -0.25) is 4.79 Å². The standard InChI is InChI=1S/C14H12N2O4S/c1-20-13-7-10(21(2,18)19)4-5-11(13)12-6-3-9(8-15)14(17)16-12/h3-7H,1-2H3,(H,16,17). The molecule has 0 aliphatic carbocycles. The number of sulfone groups is 1. The first-order valence-corrected chi connectivity index (χ1v) is 7.78. The molecular formula is C14H12N2O4S. The molecule has 1 heterocycles. The van der Waals surface area contributed by atoms with Gasteiger partial charge in [0.2, 0.25) is 0 Å². The predicted molar refractivity (Wildman–Crippen MR) is 76.9 cm³/mol. The van der Waals surface area contributed by atoms with E-state index >= 15 is 0 Å². The van der Waals surface area contributed by atoms with Gasteiger partial charge in [0.1, 0.15) is 17.4 Å². The Labute approximate surface area is 121 Å². The Kier molecular flexibility index (Phi) is 3.82. The van der Waals surface area contributed by atoms with Gasteiger partial charge in [0, 0.05) is 11.8 Å². The number of aromatic nitrogens is 1. The van der Waals surface area contributed by atoms with Gasteiger partial charge in [0.05, 0.1) is 17.7 Å². The number of hydrogen-bond acceptors (Lipinski definition) is 5. The summed E-state index contributed by atoms with van der Waals surface area (Å²) in [6.07, 6.45) is 1.10. The number of hydrogen-bond donors (Lipinski definition) is 1. The first-order chi connectivity index (χ1) is 9.86. The highest BCUT2D eigenvalue weighted by Crippen LogP contribution is 2.30. The molecule has 1 aromatic heterocycles. The van der Waals surface area contributed by atoms with Crippen LogP contribution >= 0.6 is 0 Å². The third kappa shape index (κ3) is 2.95. The predicted octanol–water partition coefficient (Wildman–Crippen LogP) is 1.33. The molecule has 0 unspecified atom stereocenters. The van der Waals surface area contributed by atoms with Crippen molar-refractivity contribution in [1.82, 2.24) is 4.98 Å². The summed E-state index contributed by atoms with van der Waals surface area (Å²) in [5.41, 5.74) is 0.470. The number of nitriles is 1. The molecule has 0 aliphatic heterocycles. The molecule has 0 spiro atoms. The second kappa shape index (κ2) is 5.42. The van der Waals surface area contributed by atoms with Crippen molar-refractivity contribution >= 4 is 9.84 Å². The summed E-state index contributed by atoms with van der Waals surface area (Å²) in [6.45, 7) is 0. The largest absolute Gasteiger partial charge is 0.496 e. The molecule has 0 aliphatic rings. The molecule has 0 atom stereocenters. The molecule has 7 heteroatoms. The Hall–Kier alpha value is -2.59. The highest BCUT2D eigenvalue weighted by molar-refractivity contribution is 7.90. The van der Waals surface area contributed by atoms with E-state index in [1.54, 1.807) is 18.2 Å². The number of pyridine rings is 1. The summed E-state index contributed by atoms with van der Waals surface area (Å²) in [5, 5.41) is 8.75. The Morgan fingerprint density at radius 3 is 2.48 bits per heavy atom. The zero-order chi connectivity index (χ0) is 15.6. The van der Waals surface area contributed by atoms with Crippen LogP contribution in [-0.2, 0) is 9.84 Å². The van der Waals surface area contributed by atoms with Crippen LogP contribution in [0.15, 0.2) is 40.0 Å². The van der Waals surface area contributed by atoms with E-state index < -0.39 is 15.4 Å². The fourth-order valence-corrected chi connectivity index (χ4v) is 2.48. The van der Waals surface area contributed by atoms with E-state index in [0.717, 1.165) is 6.26 Å². The molecule has 2 rings (SSSR count). The molecule has 108 valence electrons. The van der Waals surface area contributed by atoms with Crippen LogP contribution < -0.4 is 10.3 Å². The third-order valence-corrected chi connectivity index (χ3v) is 4.03. The number of benzene rings is 1. The quantitative estimate of drug-likeness (QED) is 0.922. The Morgan fingerprint density at radius 2 is 1.95 bits per heavy atom. The lowest BCUT2D eigenvalue weighted by molar-refractivity contribution is 0.415. The number of H-pyrrole nitrogens is 1. The van der Waals surface area contributed by atoms with Crippen LogP contribution in [0, 0.1) is 11.3 Å². The summed E-state index contributed by atoms with van der Waals surface area (Å²) in [5.74, 6) is 0.318. The first kappa shape index (κ1) is 14.8. The highest BCUT2D eigenvalue weighted by atomic mass is 32.2. The molecule has 0 bridgehead atoms. The molecule has 21 heavy (non-hydrogen) atoms. The topological polar surface area (TPSA) is 100 Å². The third-order valence-electron chi connectivity index (χ3n) is 2.92. The van der Waals surface area contributed by atoms with Gasteiger partial charge < -0.3 is 9.72 Å². The Bertz CT molecular complexity index is 892. The SMILES string of the molecule is COc1cc(S(C)(=O)=O)ccc1-c1ccc(C#N)c(=O)[nH]1. The normalized spacial score (nSPS) is 10.9. The molecule has 0 amide bonds. The van der Waals surface area contributed by atoms with Crippen LogP contribution in [-0.4, -0.2) is 26.8 Å². The van der Waals surface area contributed by atoms with Crippen molar-refractivity contribution in [2.75, 3.05) is 13.4 Å². The lowest BCUT2D eigenvalue weighted by Gasteiger charge is -2.10.